The third kappa shape index (κ3) is 3.04. The fourth-order valence-electron chi connectivity index (χ4n) is 2.72. The van der Waals surface area contributed by atoms with Crippen LogP contribution in [0.1, 0.15) is 12.0 Å². The van der Waals surface area contributed by atoms with E-state index in [1.165, 1.54) is 37.1 Å². The number of anilines is 2. The molecule has 4 rings (SSSR count). The van der Waals surface area contributed by atoms with Crippen LogP contribution in [0, 0.1) is 0 Å². The second-order valence-electron chi connectivity index (χ2n) is 5.78. The molecular weight excluding hydrogens is 286 g/mol. The fourth-order valence-corrected chi connectivity index (χ4v) is 2.72. The Morgan fingerprint density at radius 3 is 2.65 bits per heavy atom. The number of hydrogen-bond donors (Lipinski definition) is 2. The Labute approximate surface area is 135 Å². The van der Waals surface area contributed by atoms with Gasteiger partial charge < -0.3 is 10.2 Å². The highest BCUT2D eigenvalue weighted by atomic mass is 15.2. The van der Waals surface area contributed by atoms with E-state index in [4.69, 9.17) is 0 Å². The summed E-state index contributed by atoms with van der Waals surface area (Å²) in [6, 6.07) is 17.0. The summed E-state index contributed by atoms with van der Waals surface area (Å²) in [5, 5.41) is 10.2. The van der Waals surface area contributed by atoms with Gasteiger partial charge in [0.05, 0.1) is 0 Å². The van der Waals surface area contributed by atoms with Crippen LogP contribution in [0.15, 0.2) is 54.9 Å². The maximum atomic E-state index is 4.19. The Hall–Kier alpha value is -2.82. The second kappa shape index (κ2) is 6.12. The van der Waals surface area contributed by atoms with Crippen LogP contribution in [0.3, 0.4) is 0 Å². The van der Waals surface area contributed by atoms with Crippen LogP contribution in [0.25, 0.3) is 11.4 Å². The summed E-state index contributed by atoms with van der Waals surface area (Å²) in [4.78, 5) is 6.59. The van der Waals surface area contributed by atoms with Crippen LogP contribution in [-0.4, -0.2) is 28.3 Å². The molecule has 0 atom stereocenters. The zero-order chi connectivity index (χ0) is 15.5. The number of nitrogens with zero attached hydrogens (tertiary/aromatic N) is 3. The number of H-pyrrole nitrogens is 1. The Morgan fingerprint density at radius 2 is 1.96 bits per heavy atom. The molecule has 0 spiro atoms. The smallest absolute Gasteiger partial charge is 0.155 e. The van der Waals surface area contributed by atoms with E-state index in [9.17, 15) is 0 Å². The molecular formula is C18H19N5. The first-order valence-corrected chi connectivity index (χ1v) is 7.92. The SMILES string of the molecule is c1cc(NCc2ccc(N3CCC3)cc2)cc(-c2ncn[nH]2)c1. The summed E-state index contributed by atoms with van der Waals surface area (Å²) in [7, 11) is 0. The average molecular weight is 305 g/mol. The second-order valence-corrected chi connectivity index (χ2v) is 5.78. The van der Waals surface area contributed by atoms with Crippen molar-refractivity contribution in [2.75, 3.05) is 23.3 Å². The molecule has 2 N–H and O–H groups in total. The van der Waals surface area contributed by atoms with Gasteiger partial charge in [0, 0.05) is 36.6 Å². The lowest BCUT2D eigenvalue weighted by atomic mass is 10.1. The molecule has 116 valence electrons. The molecule has 1 saturated heterocycles. The normalized spacial score (nSPS) is 13.7. The summed E-state index contributed by atoms with van der Waals surface area (Å²) in [6.07, 6.45) is 2.83. The van der Waals surface area contributed by atoms with Gasteiger partial charge in [0.25, 0.3) is 0 Å². The molecule has 5 heteroatoms. The molecule has 23 heavy (non-hydrogen) atoms. The Bertz CT molecular complexity index is 760. The molecule has 3 aromatic rings. The fraction of sp³-hybridized carbons (Fsp3) is 0.222. The highest BCUT2D eigenvalue weighted by Crippen LogP contribution is 2.22. The number of hydrogen-bond acceptors (Lipinski definition) is 4. The maximum absolute atomic E-state index is 4.19. The third-order valence-corrected chi connectivity index (χ3v) is 4.21. The molecule has 2 aromatic carbocycles. The molecule has 2 heterocycles. The zero-order valence-corrected chi connectivity index (χ0v) is 12.9. The molecule has 0 saturated carbocycles. The topological polar surface area (TPSA) is 56.8 Å². The predicted octanol–water partition coefficient (Wildman–Crippen LogP) is 3.29. The molecule has 0 radical (unpaired) electrons. The van der Waals surface area contributed by atoms with Crippen molar-refractivity contribution in [3.63, 3.8) is 0 Å². The Morgan fingerprint density at radius 1 is 1.09 bits per heavy atom. The molecule has 1 aliphatic heterocycles. The van der Waals surface area contributed by atoms with Gasteiger partial charge in [0.1, 0.15) is 6.33 Å². The van der Waals surface area contributed by atoms with Gasteiger partial charge in [-0.2, -0.15) is 5.10 Å². The van der Waals surface area contributed by atoms with Gasteiger partial charge in [-0.3, -0.25) is 5.10 Å². The summed E-state index contributed by atoms with van der Waals surface area (Å²) >= 11 is 0. The highest BCUT2D eigenvalue weighted by molar-refractivity contribution is 5.62. The van der Waals surface area contributed by atoms with Gasteiger partial charge in [-0.15, -0.1) is 0 Å². The van der Waals surface area contributed by atoms with Gasteiger partial charge >= 0.3 is 0 Å². The van der Waals surface area contributed by atoms with E-state index in [1.54, 1.807) is 0 Å². The van der Waals surface area contributed by atoms with E-state index < -0.39 is 0 Å². The monoisotopic (exact) mass is 305 g/mol. The van der Waals surface area contributed by atoms with E-state index in [2.05, 4.69) is 61.8 Å². The lowest BCUT2D eigenvalue weighted by Crippen LogP contribution is -2.36. The molecule has 0 bridgehead atoms. The van der Waals surface area contributed by atoms with Gasteiger partial charge in [-0.25, -0.2) is 4.98 Å². The molecule has 5 nitrogen and oxygen atoms in total. The van der Waals surface area contributed by atoms with Crippen molar-refractivity contribution in [2.24, 2.45) is 0 Å². The van der Waals surface area contributed by atoms with Crippen molar-refractivity contribution in [3.8, 4) is 11.4 Å². The van der Waals surface area contributed by atoms with Crippen LogP contribution < -0.4 is 10.2 Å². The third-order valence-electron chi connectivity index (χ3n) is 4.21. The van der Waals surface area contributed by atoms with Gasteiger partial charge in [-0.05, 0) is 36.2 Å². The van der Waals surface area contributed by atoms with Gasteiger partial charge in [-0.1, -0.05) is 24.3 Å². The van der Waals surface area contributed by atoms with Crippen molar-refractivity contribution >= 4 is 11.4 Å². The first kappa shape index (κ1) is 13.8. The number of aromatic amines is 1. The quantitative estimate of drug-likeness (QED) is 0.759. The molecule has 0 aliphatic carbocycles. The van der Waals surface area contributed by atoms with Gasteiger partial charge in [0.2, 0.25) is 0 Å². The zero-order valence-electron chi connectivity index (χ0n) is 12.9. The summed E-state index contributed by atoms with van der Waals surface area (Å²) in [6.45, 7) is 3.18. The minimum absolute atomic E-state index is 0.785. The Kier molecular flexibility index (Phi) is 3.68. The molecule has 1 aromatic heterocycles. The molecule has 1 aliphatic rings. The van der Waals surface area contributed by atoms with Crippen LogP contribution in [0.5, 0.6) is 0 Å². The minimum atomic E-state index is 0.785. The number of aromatic nitrogens is 3. The summed E-state index contributed by atoms with van der Waals surface area (Å²) < 4.78 is 0. The van der Waals surface area contributed by atoms with Crippen molar-refractivity contribution in [1.29, 1.82) is 0 Å². The average Bonchev–Trinajstić information content (AvgIpc) is 3.07. The Balaban J connectivity index is 1.41. The highest BCUT2D eigenvalue weighted by Gasteiger charge is 2.13. The number of rotatable bonds is 5. The minimum Gasteiger partial charge on any atom is -0.381 e. The maximum Gasteiger partial charge on any atom is 0.155 e. The number of nitrogens with one attached hydrogen (secondary N) is 2. The van der Waals surface area contributed by atoms with Crippen molar-refractivity contribution in [2.45, 2.75) is 13.0 Å². The molecule has 0 amide bonds. The largest absolute Gasteiger partial charge is 0.381 e. The van der Waals surface area contributed by atoms with E-state index in [1.807, 2.05) is 12.1 Å². The van der Waals surface area contributed by atoms with E-state index in [0.29, 0.717) is 0 Å². The summed E-state index contributed by atoms with van der Waals surface area (Å²) in [5.74, 6) is 0.785. The first-order chi connectivity index (χ1) is 11.4. The van der Waals surface area contributed by atoms with Crippen LogP contribution in [0.2, 0.25) is 0 Å². The van der Waals surface area contributed by atoms with E-state index >= 15 is 0 Å². The predicted molar refractivity (Wildman–Crippen MR) is 92.4 cm³/mol. The van der Waals surface area contributed by atoms with Crippen molar-refractivity contribution in [1.82, 2.24) is 15.2 Å². The first-order valence-electron chi connectivity index (χ1n) is 7.92. The van der Waals surface area contributed by atoms with Gasteiger partial charge in [0.15, 0.2) is 5.82 Å². The number of benzene rings is 2. The van der Waals surface area contributed by atoms with Crippen LogP contribution in [-0.2, 0) is 6.54 Å². The van der Waals surface area contributed by atoms with Crippen molar-refractivity contribution in [3.05, 3.63) is 60.4 Å². The van der Waals surface area contributed by atoms with Crippen molar-refractivity contribution < 1.29 is 0 Å². The molecule has 1 fully saturated rings. The standard InChI is InChI=1S/C18H19N5/c1-3-15(18-20-13-21-22-18)11-16(4-1)19-12-14-5-7-17(8-6-14)23-9-2-10-23/h1,3-8,11,13,19H,2,9-10,12H2,(H,20,21,22). The van der Waals surface area contributed by atoms with Crippen LogP contribution >= 0.6 is 0 Å². The lowest BCUT2D eigenvalue weighted by molar-refractivity contribution is 0.617. The summed E-state index contributed by atoms with van der Waals surface area (Å²) in [5.41, 5.74) is 4.71. The lowest BCUT2D eigenvalue weighted by Gasteiger charge is -2.33. The van der Waals surface area contributed by atoms with Crippen LogP contribution in [0.4, 0.5) is 11.4 Å². The molecule has 0 unspecified atom stereocenters. The van der Waals surface area contributed by atoms with E-state index in [-0.39, 0.29) is 0 Å². The van der Waals surface area contributed by atoms with E-state index in [0.717, 1.165) is 23.6 Å².